The fraction of sp³-hybridized carbons (Fsp3) is 0.500. The van der Waals surface area contributed by atoms with E-state index in [0.717, 1.165) is 0 Å². The predicted octanol–water partition coefficient (Wildman–Crippen LogP) is 0.986. The summed E-state index contributed by atoms with van der Waals surface area (Å²) in [6, 6.07) is 0. The fourth-order valence-electron chi connectivity index (χ4n) is 0.345. The van der Waals surface area contributed by atoms with Gasteiger partial charge in [0.2, 0.25) is 0 Å². The SMILES string of the molecule is CC=C=C(O)CCO. The summed E-state index contributed by atoms with van der Waals surface area (Å²) in [6.07, 6.45) is 1.90. The number of aliphatic hydroxyl groups excluding tert-OH is 2. The molecule has 8 heavy (non-hydrogen) atoms. The quantitative estimate of drug-likeness (QED) is 0.415. The Morgan fingerprint density at radius 3 is 2.75 bits per heavy atom. The third-order valence-electron chi connectivity index (χ3n) is 0.660. The van der Waals surface area contributed by atoms with Crippen LogP contribution in [0, 0.1) is 0 Å². The first-order valence-electron chi connectivity index (χ1n) is 2.51. The molecule has 0 heterocycles. The second kappa shape index (κ2) is 4.44. The summed E-state index contributed by atoms with van der Waals surface area (Å²) in [6.45, 7) is 1.74. The van der Waals surface area contributed by atoms with Crippen LogP contribution < -0.4 is 0 Å². The normalized spacial score (nSPS) is 7.75. The molecule has 0 aliphatic rings. The van der Waals surface area contributed by atoms with Gasteiger partial charge in [-0.15, -0.1) is 0 Å². The van der Waals surface area contributed by atoms with Crippen LogP contribution in [0.4, 0.5) is 0 Å². The number of aliphatic hydroxyl groups is 2. The molecule has 0 aliphatic carbocycles. The summed E-state index contributed by atoms with van der Waals surface area (Å²) >= 11 is 0. The van der Waals surface area contributed by atoms with Gasteiger partial charge < -0.3 is 10.2 Å². The van der Waals surface area contributed by atoms with Crippen LogP contribution in [0.25, 0.3) is 0 Å². The molecule has 0 aliphatic heterocycles. The van der Waals surface area contributed by atoms with Crippen molar-refractivity contribution in [2.75, 3.05) is 6.61 Å². The molecule has 2 N–H and O–H groups in total. The Kier molecular flexibility index (Phi) is 4.04. The van der Waals surface area contributed by atoms with Crippen LogP contribution in [-0.4, -0.2) is 16.8 Å². The molecular formula is C6H10O2. The number of hydrogen-bond donors (Lipinski definition) is 2. The molecule has 0 atom stereocenters. The van der Waals surface area contributed by atoms with Gasteiger partial charge in [-0.2, -0.15) is 0 Å². The molecule has 0 saturated carbocycles. The maximum Gasteiger partial charge on any atom is 0.137 e. The van der Waals surface area contributed by atoms with E-state index in [1.807, 2.05) is 0 Å². The molecule has 0 aromatic carbocycles. The summed E-state index contributed by atoms with van der Waals surface area (Å²) in [5, 5.41) is 16.9. The van der Waals surface area contributed by atoms with E-state index >= 15 is 0 Å². The van der Waals surface area contributed by atoms with Gasteiger partial charge in [-0.25, -0.2) is 0 Å². The third kappa shape index (κ3) is 3.47. The van der Waals surface area contributed by atoms with Gasteiger partial charge in [0.15, 0.2) is 0 Å². The van der Waals surface area contributed by atoms with Gasteiger partial charge in [-0.1, -0.05) is 5.73 Å². The average Bonchev–Trinajstić information content (AvgIpc) is 1.68. The van der Waals surface area contributed by atoms with E-state index in [1.54, 1.807) is 13.0 Å². The molecule has 0 bridgehead atoms. The lowest BCUT2D eigenvalue weighted by Crippen LogP contribution is -1.83. The summed E-state index contributed by atoms with van der Waals surface area (Å²) in [5.41, 5.74) is 2.53. The minimum Gasteiger partial charge on any atom is -0.504 e. The zero-order valence-electron chi connectivity index (χ0n) is 4.89. The Morgan fingerprint density at radius 1 is 1.75 bits per heavy atom. The fourth-order valence-corrected chi connectivity index (χ4v) is 0.345. The molecule has 0 amide bonds. The van der Waals surface area contributed by atoms with E-state index < -0.39 is 0 Å². The van der Waals surface area contributed by atoms with Gasteiger partial charge in [-0.05, 0) is 13.0 Å². The van der Waals surface area contributed by atoms with E-state index in [4.69, 9.17) is 10.2 Å². The highest BCUT2D eigenvalue weighted by Gasteiger charge is 1.84. The van der Waals surface area contributed by atoms with E-state index in [-0.39, 0.29) is 12.4 Å². The Bertz CT molecular complexity index is 110. The molecule has 0 aromatic rings. The van der Waals surface area contributed by atoms with Crippen LogP contribution in [0.2, 0.25) is 0 Å². The van der Waals surface area contributed by atoms with Crippen molar-refractivity contribution in [3.63, 3.8) is 0 Å². The maximum atomic E-state index is 8.66. The van der Waals surface area contributed by atoms with Gasteiger partial charge >= 0.3 is 0 Å². The first kappa shape index (κ1) is 7.28. The van der Waals surface area contributed by atoms with E-state index in [1.165, 1.54) is 0 Å². The predicted molar refractivity (Wildman–Crippen MR) is 31.6 cm³/mol. The second-order valence-electron chi connectivity index (χ2n) is 1.35. The Labute approximate surface area is 48.8 Å². The van der Waals surface area contributed by atoms with Crippen LogP contribution in [-0.2, 0) is 0 Å². The smallest absolute Gasteiger partial charge is 0.137 e. The van der Waals surface area contributed by atoms with E-state index in [2.05, 4.69) is 5.73 Å². The first-order valence-corrected chi connectivity index (χ1v) is 2.51. The monoisotopic (exact) mass is 114 g/mol. The Morgan fingerprint density at radius 2 is 2.38 bits per heavy atom. The lowest BCUT2D eigenvalue weighted by Gasteiger charge is -1.87. The molecule has 0 radical (unpaired) electrons. The maximum absolute atomic E-state index is 8.66. The van der Waals surface area contributed by atoms with Gasteiger partial charge in [0, 0.05) is 6.42 Å². The summed E-state index contributed by atoms with van der Waals surface area (Å²) < 4.78 is 0. The van der Waals surface area contributed by atoms with Crippen molar-refractivity contribution in [2.45, 2.75) is 13.3 Å². The number of rotatable bonds is 2. The van der Waals surface area contributed by atoms with Crippen LogP contribution >= 0.6 is 0 Å². The van der Waals surface area contributed by atoms with Gasteiger partial charge in [0.25, 0.3) is 0 Å². The summed E-state index contributed by atoms with van der Waals surface area (Å²) in [7, 11) is 0. The van der Waals surface area contributed by atoms with E-state index in [0.29, 0.717) is 6.42 Å². The van der Waals surface area contributed by atoms with Gasteiger partial charge in [-0.3, -0.25) is 0 Å². The summed E-state index contributed by atoms with van der Waals surface area (Å²) in [5.74, 6) is 0.106. The molecule has 0 fully saturated rings. The Hall–Kier alpha value is -0.720. The topological polar surface area (TPSA) is 40.5 Å². The second-order valence-corrected chi connectivity index (χ2v) is 1.35. The molecular weight excluding hydrogens is 104 g/mol. The molecule has 0 unspecified atom stereocenters. The van der Waals surface area contributed by atoms with E-state index in [9.17, 15) is 0 Å². The van der Waals surface area contributed by atoms with Crippen LogP contribution in [0.15, 0.2) is 17.6 Å². The first-order chi connectivity index (χ1) is 3.81. The van der Waals surface area contributed by atoms with Crippen molar-refractivity contribution in [3.05, 3.63) is 17.6 Å². The lowest BCUT2D eigenvalue weighted by molar-refractivity contribution is 0.269. The molecule has 0 spiro atoms. The zero-order valence-corrected chi connectivity index (χ0v) is 4.89. The Balaban J connectivity index is 3.62. The molecule has 46 valence electrons. The lowest BCUT2D eigenvalue weighted by atomic mass is 10.4. The van der Waals surface area contributed by atoms with Crippen molar-refractivity contribution < 1.29 is 10.2 Å². The van der Waals surface area contributed by atoms with Crippen molar-refractivity contribution in [1.29, 1.82) is 0 Å². The third-order valence-corrected chi connectivity index (χ3v) is 0.660. The molecule has 0 rings (SSSR count). The van der Waals surface area contributed by atoms with Crippen LogP contribution in [0.5, 0.6) is 0 Å². The van der Waals surface area contributed by atoms with Gasteiger partial charge in [0.05, 0.1) is 6.61 Å². The highest BCUT2D eigenvalue weighted by atomic mass is 16.3. The zero-order chi connectivity index (χ0) is 6.41. The molecule has 2 heteroatoms. The van der Waals surface area contributed by atoms with Crippen LogP contribution in [0.3, 0.4) is 0 Å². The molecule has 2 nitrogen and oxygen atoms in total. The van der Waals surface area contributed by atoms with Crippen molar-refractivity contribution in [2.24, 2.45) is 0 Å². The summed E-state index contributed by atoms with van der Waals surface area (Å²) in [4.78, 5) is 0. The standard InChI is InChI=1S/C6H10O2/c1-2-3-6(8)4-5-7/h2,7-8H,4-5H2,1H3. The van der Waals surface area contributed by atoms with Crippen molar-refractivity contribution >= 4 is 0 Å². The van der Waals surface area contributed by atoms with Crippen molar-refractivity contribution in [3.8, 4) is 0 Å². The minimum absolute atomic E-state index is 0.0212. The minimum atomic E-state index is -0.0212. The molecule has 0 saturated heterocycles. The van der Waals surface area contributed by atoms with Gasteiger partial charge in [0.1, 0.15) is 5.76 Å². The van der Waals surface area contributed by atoms with Crippen LogP contribution in [0.1, 0.15) is 13.3 Å². The highest BCUT2D eigenvalue weighted by molar-refractivity contribution is 4.89. The highest BCUT2D eigenvalue weighted by Crippen LogP contribution is 1.89. The largest absolute Gasteiger partial charge is 0.504 e. The average molecular weight is 114 g/mol. The van der Waals surface area contributed by atoms with Crippen molar-refractivity contribution in [1.82, 2.24) is 0 Å². The molecule has 0 aromatic heterocycles. The number of hydrogen-bond acceptors (Lipinski definition) is 2.